The van der Waals surface area contributed by atoms with Gasteiger partial charge in [0.25, 0.3) is 0 Å². The molecule has 1 aromatic heterocycles. The molecule has 3 nitrogen and oxygen atoms in total. The molecule has 0 aliphatic carbocycles. The fourth-order valence-electron chi connectivity index (χ4n) is 1.92. The summed E-state index contributed by atoms with van der Waals surface area (Å²) in [6.07, 6.45) is 1.64. The number of anilines is 1. The molecule has 0 saturated carbocycles. The van der Waals surface area contributed by atoms with E-state index in [1.807, 2.05) is 36.2 Å². The molecule has 0 aliphatic rings. The molecule has 0 saturated heterocycles. The molecule has 0 spiro atoms. The third-order valence-corrected chi connectivity index (χ3v) is 2.97. The van der Waals surface area contributed by atoms with E-state index in [0.717, 1.165) is 12.2 Å². The van der Waals surface area contributed by atoms with Crippen LogP contribution in [-0.4, -0.2) is 12.0 Å². The van der Waals surface area contributed by atoms with Crippen LogP contribution in [-0.2, 0) is 6.54 Å². The molecule has 0 unspecified atom stereocenters. The lowest BCUT2D eigenvalue weighted by Crippen LogP contribution is -2.18. The number of nitrogens with zero attached hydrogens (tertiary/aromatic N) is 3. The van der Waals surface area contributed by atoms with Crippen molar-refractivity contribution in [3.8, 4) is 6.07 Å². The van der Waals surface area contributed by atoms with Gasteiger partial charge in [0.2, 0.25) is 0 Å². The zero-order valence-electron chi connectivity index (χ0n) is 10.6. The Morgan fingerprint density at radius 3 is 2.72 bits per heavy atom. The van der Waals surface area contributed by atoms with E-state index in [-0.39, 0.29) is 0 Å². The summed E-state index contributed by atoms with van der Waals surface area (Å²) in [4.78, 5) is 6.13. The molecular formula is C15H15N3. The second kappa shape index (κ2) is 5.33. The normalized spacial score (nSPS) is 9.83. The molecule has 90 valence electrons. The van der Waals surface area contributed by atoms with E-state index < -0.39 is 0 Å². The van der Waals surface area contributed by atoms with Crippen LogP contribution in [0.15, 0.2) is 42.6 Å². The molecule has 0 atom stereocenters. The first-order chi connectivity index (χ1) is 8.72. The molecular weight excluding hydrogens is 222 g/mol. The number of rotatable bonds is 3. The summed E-state index contributed by atoms with van der Waals surface area (Å²) in [5, 5.41) is 9.05. The maximum Gasteiger partial charge on any atom is 0.163 e. The molecule has 0 amide bonds. The lowest BCUT2D eigenvalue weighted by molar-refractivity contribution is 0.906. The molecule has 2 rings (SSSR count). The number of hydrogen-bond donors (Lipinski definition) is 0. The van der Waals surface area contributed by atoms with E-state index >= 15 is 0 Å². The van der Waals surface area contributed by atoms with Crippen molar-refractivity contribution in [1.29, 1.82) is 5.26 Å². The number of hydrogen-bond acceptors (Lipinski definition) is 3. The summed E-state index contributed by atoms with van der Waals surface area (Å²) in [5.41, 5.74) is 3.84. The Balaban J connectivity index is 2.26. The van der Waals surface area contributed by atoms with Crippen molar-refractivity contribution in [3.63, 3.8) is 0 Å². The number of benzene rings is 1. The quantitative estimate of drug-likeness (QED) is 0.824. The number of aromatic nitrogens is 1. The van der Waals surface area contributed by atoms with E-state index in [0.29, 0.717) is 5.69 Å². The van der Waals surface area contributed by atoms with E-state index in [1.165, 1.54) is 11.1 Å². The lowest BCUT2D eigenvalue weighted by atomic mass is 10.1. The van der Waals surface area contributed by atoms with Crippen molar-refractivity contribution in [3.05, 3.63) is 59.4 Å². The van der Waals surface area contributed by atoms with E-state index in [9.17, 15) is 0 Å². The van der Waals surface area contributed by atoms with Gasteiger partial charge in [-0.15, -0.1) is 0 Å². The third-order valence-electron chi connectivity index (χ3n) is 2.97. The minimum atomic E-state index is 0.466. The highest BCUT2D eigenvalue weighted by Gasteiger charge is 2.09. The van der Waals surface area contributed by atoms with Gasteiger partial charge < -0.3 is 4.90 Å². The van der Waals surface area contributed by atoms with Gasteiger partial charge in [-0.3, -0.25) is 0 Å². The Morgan fingerprint density at radius 1 is 1.22 bits per heavy atom. The van der Waals surface area contributed by atoms with Gasteiger partial charge >= 0.3 is 0 Å². The van der Waals surface area contributed by atoms with Gasteiger partial charge in [0.1, 0.15) is 6.07 Å². The summed E-state index contributed by atoms with van der Waals surface area (Å²) in [5.74, 6) is 0. The standard InChI is InChI=1S/C15H15N3/c1-12-6-3-4-7-13(12)11-18(2)15-8-5-9-17-14(15)10-16/h3-9H,11H2,1-2H3. The van der Waals surface area contributed by atoms with Crippen molar-refractivity contribution < 1.29 is 0 Å². The van der Waals surface area contributed by atoms with Gasteiger partial charge in [0.15, 0.2) is 5.69 Å². The first-order valence-electron chi connectivity index (χ1n) is 5.83. The predicted molar refractivity (Wildman–Crippen MR) is 72.2 cm³/mol. The van der Waals surface area contributed by atoms with Crippen LogP contribution in [0, 0.1) is 18.3 Å². The maximum absolute atomic E-state index is 9.05. The van der Waals surface area contributed by atoms with Crippen molar-refractivity contribution in [2.24, 2.45) is 0 Å². The second-order valence-electron chi connectivity index (χ2n) is 4.27. The first-order valence-corrected chi connectivity index (χ1v) is 5.83. The SMILES string of the molecule is Cc1ccccc1CN(C)c1cccnc1C#N. The average Bonchev–Trinajstić information content (AvgIpc) is 2.41. The molecule has 0 radical (unpaired) electrons. The van der Waals surface area contributed by atoms with Gasteiger partial charge in [-0.2, -0.15) is 5.26 Å². The van der Waals surface area contributed by atoms with Crippen molar-refractivity contribution in [2.75, 3.05) is 11.9 Å². The maximum atomic E-state index is 9.05. The zero-order chi connectivity index (χ0) is 13.0. The summed E-state index contributed by atoms with van der Waals surface area (Å²) in [6.45, 7) is 2.87. The highest BCUT2D eigenvalue weighted by molar-refractivity contribution is 5.55. The number of nitriles is 1. The topological polar surface area (TPSA) is 39.9 Å². The number of pyridine rings is 1. The summed E-state index contributed by atoms with van der Waals surface area (Å²) in [7, 11) is 1.98. The minimum Gasteiger partial charge on any atom is -0.368 e. The predicted octanol–water partition coefficient (Wildman–Crippen LogP) is 2.90. The van der Waals surface area contributed by atoms with Crippen LogP contribution in [0.2, 0.25) is 0 Å². The molecule has 0 bridgehead atoms. The molecule has 1 heterocycles. The monoisotopic (exact) mass is 237 g/mol. The van der Waals surface area contributed by atoms with Gasteiger partial charge in [-0.05, 0) is 30.2 Å². The van der Waals surface area contributed by atoms with Gasteiger partial charge in [0.05, 0.1) is 5.69 Å². The van der Waals surface area contributed by atoms with Crippen LogP contribution in [0.4, 0.5) is 5.69 Å². The zero-order valence-corrected chi connectivity index (χ0v) is 10.6. The minimum absolute atomic E-state index is 0.466. The van der Waals surface area contributed by atoms with Crippen molar-refractivity contribution in [2.45, 2.75) is 13.5 Å². The van der Waals surface area contributed by atoms with Crippen molar-refractivity contribution in [1.82, 2.24) is 4.98 Å². The van der Waals surface area contributed by atoms with Crippen molar-refractivity contribution >= 4 is 5.69 Å². The fourth-order valence-corrected chi connectivity index (χ4v) is 1.92. The van der Waals surface area contributed by atoms with Crippen LogP contribution >= 0.6 is 0 Å². The summed E-state index contributed by atoms with van der Waals surface area (Å²) < 4.78 is 0. The largest absolute Gasteiger partial charge is 0.368 e. The Labute approximate surface area is 107 Å². The Bertz CT molecular complexity index is 584. The highest BCUT2D eigenvalue weighted by atomic mass is 15.1. The van der Waals surface area contributed by atoms with Gasteiger partial charge in [-0.25, -0.2) is 4.98 Å². The summed E-state index contributed by atoms with van der Waals surface area (Å²) >= 11 is 0. The molecule has 3 heteroatoms. The van der Waals surface area contributed by atoms with Crippen LogP contribution in [0.25, 0.3) is 0 Å². The van der Waals surface area contributed by atoms with Crippen LogP contribution < -0.4 is 4.90 Å². The molecule has 2 aromatic rings. The molecule has 0 aliphatic heterocycles. The molecule has 0 N–H and O–H groups in total. The first kappa shape index (κ1) is 12.1. The van der Waals surface area contributed by atoms with E-state index in [1.54, 1.807) is 6.20 Å². The molecule has 18 heavy (non-hydrogen) atoms. The van der Waals surface area contributed by atoms with E-state index in [2.05, 4.69) is 30.1 Å². The average molecular weight is 237 g/mol. The third kappa shape index (κ3) is 2.49. The Morgan fingerprint density at radius 2 is 2.00 bits per heavy atom. The van der Waals surface area contributed by atoms with E-state index in [4.69, 9.17) is 5.26 Å². The Kier molecular flexibility index (Phi) is 3.59. The smallest absolute Gasteiger partial charge is 0.163 e. The van der Waals surface area contributed by atoms with Crippen LogP contribution in [0.3, 0.4) is 0 Å². The summed E-state index contributed by atoms with van der Waals surface area (Å²) in [6, 6.07) is 14.2. The molecule has 1 aromatic carbocycles. The van der Waals surface area contributed by atoms with Gasteiger partial charge in [0, 0.05) is 19.8 Å². The lowest BCUT2D eigenvalue weighted by Gasteiger charge is -2.20. The highest BCUT2D eigenvalue weighted by Crippen LogP contribution is 2.19. The molecule has 0 fully saturated rings. The van der Waals surface area contributed by atoms with Crippen LogP contribution in [0.5, 0.6) is 0 Å². The second-order valence-corrected chi connectivity index (χ2v) is 4.27. The Hall–Kier alpha value is -2.34. The van der Waals surface area contributed by atoms with Crippen LogP contribution in [0.1, 0.15) is 16.8 Å². The van der Waals surface area contributed by atoms with Gasteiger partial charge in [-0.1, -0.05) is 24.3 Å². The fraction of sp³-hybridized carbons (Fsp3) is 0.200. The number of aryl methyl sites for hydroxylation is 1.